The van der Waals surface area contributed by atoms with Gasteiger partial charge in [-0.15, -0.1) is 11.8 Å². The van der Waals surface area contributed by atoms with Crippen LogP contribution >= 0.6 is 11.8 Å². The van der Waals surface area contributed by atoms with Crippen molar-refractivity contribution in [3.8, 4) is 11.5 Å². The number of aromatic nitrogens is 2. The Bertz CT molecular complexity index is 1020. The molecule has 0 aliphatic carbocycles. The number of hydrogen-bond donors (Lipinski definition) is 0. The van der Waals surface area contributed by atoms with Crippen LogP contribution in [0.1, 0.15) is 35.4 Å². The zero-order valence-corrected chi connectivity index (χ0v) is 18.9. The molecule has 2 aromatic carbocycles. The molecule has 0 N–H and O–H groups in total. The van der Waals surface area contributed by atoms with Gasteiger partial charge in [0, 0.05) is 47.1 Å². The molecule has 5 nitrogen and oxygen atoms in total. The molecule has 0 saturated heterocycles. The number of anilines is 1. The third-order valence-electron chi connectivity index (χ3n) is 5.66. The van der Waals surface area contributed by atoms with Gasteiger partial charge < -0.3 is 14.4 Å². The summed E-state index contributed by atoms with van der Waals surface area (Å²) in [7, 11) is 3.47. The van der Waals surface area contributed by atoms with Crippen LogP contribution < -0.4 is 14.4 Å². The molecule has 0 bridgehead atoms. The van der Waals surface area contributed by atoms with Crippen molar-refractivity contribution in [2.75, 3.05) is 25.7 Å². The predicted octanol–water partition coefficient (Wildman–Crippen LogP) is 5.47. The summed E-state index contributed by atoms with van der Waals surface area (Å²) in [4.78, 5) is 3.71. The SMILES string of the molecule is CCn1cc(CN2CC[C@H](c3ccccc3OC)Sc3cc(OC)ccc32)c(C)n1. The Kier molecular flexibility index (Phi) is 6.23. The highest BCUT2D eigenvalue weighted by atomic mass is 32.2. The van der Waals surface area contributed by atoms with E-state index in [2.05, 4.69) is 60.4 Å². The van der Waals surface area contributed by atoms with Gasteiger partial charge in [0.25, 0.3) is 0 Å². The summed E-state index contributed by atoms with van der Waals surface area (Å²) in [6.45, 7) is 6.93. The Balaban J connectivity index is 1.70. The van der Waals surface area contributed by atoms with Crippen molar-refractivity contribution in [2.45, 2.75) is 43.5 Å². The Morgan fingerprint density at radius 1 is 1.13 bits per heavy atom. The second-order valence-electron chi connectivity index (χ2n) is 7.49. The Hall–Kier alpha value is -2.60. The maximum Gasteiger partial charge on any atom is 0.123 e. The molecule has 1 aliphatic heterocycles. The number of ether oxygens (including phenoxy) is 2. The van der Waals surface area contributed by atoms with Crippen LogP contribution in [0.25, 0.3) is 0 Å². The number of thioether (sulfide) groups is 1. The van der Waals surface area contributed by atoms with Crippen LogP contribution in [0.3, 0.4) is 0 Å². The molecule has 30 heavy (non-hydrogen) atoms. The highest BCUT2D eigenvalue weighted by Gasteiger charge is 2.26. The largest absolute Gasteiger partial charge is 0.497 e. The first-order chi connectivity index (χ1) is 14.6. The minimum Gasteiger partial charge on any atom is -0.497 e. The maximum atomic E-state index is 5.66. The molecule has 4 rings (SSSR count). The summed E-state index contributed by atoms with van der Waals surface area (Å²) in [6, 6.07) is 14.7. The van der Waals surface area contributed by atoms with E-state index in [1.165, 1.54) is 21.7 Å². The molecule has 0 saturated carbocycles. The number of methoxy groups -OCH3 is 2. The summed E-state index contributed by atoms with van der Waals surface area (Å²) in [5.74, 6) is 1.84. The maximum absolute atomic E-state index is 5.66. The number of nitrogens with zero attached hydrogens (tertiary/aromatic N) is 3. The van der Waals surface area contributed by atoms with E-state index in [9.17, 15) is 0 Å². The number of para-hydroxylation sites is 1. The molecule has 0 spiro atoms. The summed E-state index contributed by atoms with van der Waals surface area (Å²) < 4.78 is 13.2. The summed E-state index contributed by atoms with van der Waals surface area (Å²) in [6.07, 6.45) is 3.21. The number of aryl methyl sites for hydroxylation is 2. The van der Waals surface area contributed by atoms with E-state index in [4.69, 9.17) is 9.47 Å². The van der Waals surface area contributed by atoms with E-state index in [1.807, 2.05) is 28.6 Å². The van der Waals surface area contributed by atoms with Gasteiger partial charge in [0.05, 0.1) is 25.6 Å². The second kappa shape index (κ2) is 9.04. The fourth-order valence-electron chi connectivity index (χ4n) is 3.98. The van der Waals surface area contributed by atoms with Crippen LogP contribution in [0.5, 0.6) is 11.5 Å². The number of fused-ring (bicyclic) bond motifs is 1. The summed E-state index contributed by atoms with van der Waals surface area (Å²) in [5, 5.41) is 4.95. The molecule has 3 aromatic rings. The molecule has 158 valence electrons. The van der Waals surface area contributed by atoms with Crippen molar-refractivity contribution < 1.29 is 9.47 Å². The fourth-order valence-corrected chi connectivity index (χ4v) is 5.33. The summed E-state index contributed by atoms with van der Waals surface area (Å²) in [5.41, 5.74) is 4.88. The zero-order valence-electron chi connectivity index (χ0n) is 18.1. The molecule has 0 radical (unpaired) electrons. The quantitative estimate of drug-likeness (QED) is 0.526. The molecule has 0 amide bonds. The van der Waals surface area contributed by atoms with Gasteiger partial charge in [0.15, 0.2) is 0 Å². The van der Waals surface area contributed by atoms with Crippen LogP contribution in [0, 0.1) is 6.92 Å². The van der Waals surface area contributed by atoms with E-state index in [-0.39, 0.29) is 0 Å². The highest BCUT2D eigenvalue weighted by molar-refractivity contribution is 7.99. The summed E-state index contributed by atoms with van der Waals surface area (Å²) >= 11 is 1.90. The topological polar surface area (TPSA) is 39.5 Å². The van der Waals surface area contributed by atoms with E-state index in [0.717, 1.165) is 43.2 Å². The highest BCUT2D eigenvalue weighted by Crippen LogP contribution is 2.48. The van der Waals surface area contributed by atoms with Gasteiger partial charge in [0.1, 0.15) is 11.5 Å². The predicted molar refractivity (Wildman–Crippen MR) is 123 cm³/mol. The first-order valence-corrected chi connectivity index (χ1v) is 11.3. The van der Waals surface area contributed by atoms with Crippen LogP contribution in [-0.4, -0.2) is 30.5 Å². The fraction of sp³-hybridized carbons (Fsp3) is 0.375. The lowest BCUT2D eigenvalue weighted by atomic mass is 10.1. The number of hydrogen-bond acceptors (Lipinski definition) is 5. The normalized spacial score (nSPS) is 16.1. The lowest BCUT2D eigenvalue weighted by molar-refractivity contribution is 0.409. The Morgan fingerprint density at radius 2 is 1.97 bits per heavy atom. The van der Waals surface area contributed by atoms with Crippen molar-refractivity contribution >= 4 is 17.4 Å². The number of benzene rings is 2. The van der Waals surface area contributed by atoms with Crippen LogP contribution in [-0.2, 0) is 13.1 Å². The zero-order chi connectivity index (χ0) is 21.1. The van der Waals surface area contributed by atoms with E-state index in [0.29, 0.717) is 5.25 Å². The van der Waals surface area contributed by atoms with Gasteiger partial charge >= 0.3 is 0 Å². The Labute approximate surface area is 183 Å². The van der Waals surface area contributed by atoms with Gasteiger partial charge in [-0.2, -0.15) is 5.10 Å². The van der Waals surface area contributed by atoms with Gasteiger partial charge in [-0.25, -0.2) is 0 Å². The van der Waals surface area contributed by atoms with E-state index < -0.39 is 0 Å². The third kappa shape index (κ3) is 4.15. The van der Waals surface area contributed by atoms with Gasteiger partial charge in [0.2, 0.25) is 0 Å². The smallest absolute Gasteiger partial charge is 0.123 e. The molecule has 1 aromatic heterocycles. The minimum absolute atomic E-state index is 0.316. The lowest BCUT2D eigenvalue weighted by Crippen LogP contribution is -2.24. The van der Waals surface area contributed by atoms with Crippen molar-refractivity contribution in [1.29, 1.82) is 0 Å². The van der Waals surface area contributed by atoms with Gasteiger partial charge in [-0.1, -0.05) is 18.2 Å². The molecular formula is C24H29N3O2S. The van der Waals surface area contributed by atoms with Crippen molar-refractivity contribution in [2.24, 2.45) is 0 Å². The average molecular weight is 424 g/mol. The lowest BCUT2D eigenvalue weighted by Gasteiger charge is -2.24. The molecule has 1 atom stereocenters. The number of rotatable bonds is 6. The second-order valence-corrected chi connectivity index (χ2v) is 8.73. The molecule has 0 unspecified atom stereocenters. The minimum atomic E-state index is 0.316. The van der Waals surface area contributed by atoms with Crippen molar-refractivity contribution in [3.05, 3.63) is 65.5 Å². The van der Waals surface area contributed by atoms with Crippen LogP contribution in [0.15, 0.2) is 53.6 Å². The molecule has 0 fully saturated rings. The standard InChI is InChI=1S/C24H29N3O2S/c1-5-27-16-18(17(2)25-27)15-26-13-12-23(20-8-6-7-9-22(20)29-4)30-24-14-19(28-3)10-11-21(24)26/h6-11,14,16,23H,5,12-13,15H2,1-4H3/t23-/m1/s1. The third-order valence-corrected chi connectivity index (χ3v) is 7.01. The average Bonchev–Trinajstić information content (AvgIpc) is 3.04. The molecule has 6 heteroatoms. The van der Waals surface area contributed by atoms with Gasteiger partial charge in [-0.3, -0.25) is 4.68 Å². The Morgan fingerprint density at radius 3 is 2.70 bits per heavy atom. The van der Waals surface area contributed by atoms with Crippen molar-refractivity contribution in [3.63, 3.8) is 0 Å². The van der Waals surface area contributed by atoms with Gasteiger partial charge in [-0.05, 0) is 44.5 Å². The monoisotopic (exact) mass is 423 g/mol. The molecular weight excluding hydrogens is 394 g/mol. The first-order valence-electron chi connectivity index (χ1n) is 10.4. The van der Waals surface area contributed by atoms with E-state index >= 15 is 0 Å². The van der Waals surface area contributed by atoms with Crippen LogP contribution in [0.2, 0.25) is 0 Å². The van der Waals surface area contributed by atoms with E-state index in [1.54, 1.807) is 14.2 Å². The van der Waals surface area contributed by atoms with Crippen molar-refractivity contribution in [1.82, 2.24) is 9.78 Å². The molecule has 2 heterocycles. The van der Waals surface area contributed by atoms with Crippen LogP contribution in [0.4, 0.5) is 5.69 Å². The first kappa shape index (κ1) is 20.7. The molecule has 1 aliphatic rings.